The Hall–Kier alpha value is -0.120. The van der Waals surface area contributed by atoms with Crippen LogP contribution in [0.25, 0.3) is 0 Å². The fourth-order valence-corrected chi connectivity index (χ4v) is 2.08. The molecule has 1 aliphatic carbocycles. The van der Waals surface area contributed by atoms with E-state index < -0.39 is 0 Å². The van der Waals surface area contributed by atoms with Gasteiger partial charge in [0.25, 0.3) is 0 Å². The summed E-state index contributed by atoms with van der Waals surface area (Å²) in [4.78, 5) is 2.38. The first-order chi connectivity index (χ1) is 8.03. The SMILES string of the molecule is CCNCC(C)(C)CN(C)CCOCC1CC1. The number of nitrogens with one attached hydrogen (secondary N) is 1. The van der Waals surface area contributed by atoms with Gasteiger partial charge in [-0.25, -0.2) is 0 Å². The number of rotatable bonds is 10. The second kappa shape index (κ2) is 7.34. The Morgan fingerprint density at radius 1 is 1.35 bits per heavy atom. The van der Waals surface area contributed by atoms with Gasteiger partial charge in [-0.2, -0.15) is 0 Å². The Kier molecular flexibility index (Phi) is 6.45. The molecule has 102 valence electrons. The van der Waals surface area contributed by atoms with Crippen LogP contribution in [0.5, 0.6) is 0 Å². The molecule has 1 fully saturated rings. The summed E-state index contributed by atoms with van der Waals surface area (Å²) in [7, 11) is 2.19. The van der Waals surface area contributed by atoms with Gasteiger partial charge >= 0.3 is 0 Å². The van der Waals surface area contributed by atoms with Crippen LogP contribution in [0.15, 0.2) is 0 Å². The van der Waals surface area contributed by atoms with Gasteiger partial charge < -0.3 is 15.0 Å². The lowest BCUT2D eigenvalue weighted by atomic mass is 9.93. The van der Waals surface area contributed by atoms with Crippen molar-refractivity contribution < 1.29 is 4.74 Å². The number of hydrogen-bond acceptors (Lipinski definition) is 3. The van der Waals surface area contributed by atoms with Crippen molar-refractivity contribution in [3.63, 3.8) is 0 Å². The van der Waals surface area contributed by atoms with Gasteiger partial charge in [-0.05, 0) is 37.8 Å². The van der Waals surface area contributed by atoms with E-state index in [9.17, 15) is 0 Å². The molecule has 0 radical (unpaired) electrons. The minimum absolute atomic E-state index is 0.335. The lowest BCUT2D eigenvalue weighted by Crippen LogP contribution is -2.40. The number of ether oxygens (including phenoxy) is 1. The minimum atomic E-state index is 0.335. The van der Waals surface area contributed by atoms with Crippen LogP contribution in [0.2, 0.25) is 0 Å². The van der Waals surface area contributed by atoms with Gasteiger partial charge in [0.2, 0.25) is 0 Å². The zero-order chi connectivity index (χ0) is 12.7. The summed E-state index contributed by atoms with van der Waals surface area (Å²) in [5.74, 6) is 0.880. The summed E-state index contributed by atoms with van der Waals surface area (Å²) in [6, 6.07) is 0. The molecule has 0 amide bonds. The van der Waals surface area contributed by atoms with Crippen molar-refractivity contribution >= 4 is 0 Å². The van der Waals surface area contributed by atoms with E-state index in [1.54, 1.807) is 0 Å². The van der Waals surface area contributed by atoms with E-state index in [0.717, 1.165) is 45.3 Å². The number of nitrogens with zero attached hydrogens (tertiary/aromatic N) is 1. The molecule has 0 aromatic rings. The second-order valence-corrected chi connectivity index (χ2v) is 6.20. The lowest BCUT2D eigenvalue weighted by molar-refractivity contribution is 0.0918. The Labute approximate surface area is 107 Å². The first-order valence-electron chi connectivity index (χ1n) is 7.00. The molecule has 1 rings (SSSR count). The summed E-state index contributed by atoms with van der Waals surface area (Å²) in [6.45, 7) is 12.9. The molecule has 0 aromatic heterocycles. The molecular weight excluding hydrogens is 212 g/mol. The van der Waals surface area contributed by atoms with Crippen LogP contribution < -0.4 is 5.32 Å². The van der Waals surface area contributed by atoms with Crippen LogP contribution in [-0.4, -0.2) is 51.3 Å². The summed E-state index contributed by atoms with van der Waals surface area (Å²) >= 11 is 0. The minimum Gasteiger partial charge on any atom is -0.380 e. The maximum absolute atomic E-state index is 5.67. The van der Waals surface area contributed by atoms with Crippen molar-refractivity contribution in [1.29, 1.82) is 0 Å². The third kappa shape index (κ3) is 7.74. The molecule has 0 heterocycles. The zero-order valence-electron chi connectivity index (χ0n) is 12.1. The van der Waals surface area contributed by atoms with E-state index >= 15 is 0 Å². The van der Waals surface area contributed by atoms with Crippen LogP contribution in [0.1, 0.15) is 33.6 Å². The van der Waals surface area contributed by atoms with Crippen molar-refractivity contribution in [2.75, 3.05) is 46.4 Å². The molecule has 0 unspecified atom stereocenters. The number of likely N-dealkylation sites (N-methyl/N-ethyl adjacent to an activating group) is 1. The molecule has 0 saturated heterocycles. The molecule has 0 aliphatic heterocycles. The highest BCUT2D eigenvalue weighted by Gasteiger charge is 2.22. The van der Waals surface area contributed by atoms with E-state index in [2.05, 4.69) is 38.0 Å². The Morgan fingerprint density at radius 3 is 2.65 bits per heavy atom. The first kappa shape index (κ1) is 14.9. The standard InChI is InChI=1S/C14H30N2O/c1-5-15-11-14(2,3)12-16(4)8-9-17-10-13-6-7-13/h13,15H,5-12H2,1-4H3. The van der Waals surface area contributed by atoms with Crippen molar-refractivity contribution in [1.82, 2.24) is 10.2 Å². The predicted molar refractivity (Wildman–Crippen MR) is 73.4 cm³/mol. The van der Waals surface area contributed by atoms with Crippen molar-refractivity contribution in [2.45, 2.75) is 33.6 Å². The molecule has 1 N–H and O–H groups in total. The topological polar surface area (TPSA) is 24.5 Å². The van der Waals surface area contributed by atoms with Crippen molar-refractivity contribution in [3.05, 3.63) is 0 Å². The smallest absolute Gasteiger partial charge is 0.0593 e. The van der Waals surface area contributed by atoms with Gasteiger partial charge in [-0.3, -0.25) is 0 Å². The van der Waals surface area contributed by atoms with E-state index in [-0.39, 0.29) is 0 Å². The third-order valence-electron chi connectivity index (χ3n) is 3.22. The first-order valence-corrected chi connectivity index (χ1v) is 7.00. The molecule has 17 heavy (non-hydrogen) atoms. The summed E-state index contributed by atoms with van der Waals surface area (Å²) in [5.41, 5.74) is 0.335. The van der Waals surface area contributed by atoms with E-state index in [1.165, 1.54) is 12.8 Å². The number of hydrogen-bond donors (Lipinski definition) is 1. The largest absolute Gasteiger partial charge is 0.380 e. The summed E-state index contributed by atoms with van der Waals surface area (Å²) in [5, 5.41) is 3.43. The van der Waals surface area contributed by atoms with Gasteiger partial charge in [0.1, 0.15) is 0 Å². The molecule has 0 bridgehead atoms. The van der Waals surface area contributed by atoms with Crippen LogP contribution in [0, 0.1) is 11.3 Å². The zero-order valence-corrected chi connectivity index (χ0v) is 12.1. The molecule has 0 spiro atoms. The maximum Gasteiger partial charge on any atom is 0.0593 e. The van der Waals surface area contributed by atoms with Crippen LogP contribution in [-0.2, 0) is 4.74 Å². The van der Waals surface area contributed by atoms with Crippen molar-refractivity contribution in [2.24, 2.45) is 11.3 Å². The summed E-state index contributed by atoms with van der Waals surface area (Å²) < 4.78 is 5.67. The average Bonchev–Trinajstić information content (AvgIpc) is 3.05. The second-order valence-electron chi connectivity index (χ2n) is 6.20. The van der Waals surface area contributed by atoms with Gasteiger partial charge in [0.05, 0.1) is 6.61 Å². The molecule has 1 aliphatic rings. The predicted octanol–water partition coefficient (Wildman–Crippen LogP) is 1.98. The normalized spacial score (nSPS) is 16.8. The van der Waals surface area contributed by atoms with Crippen LogP contribution in [0.3, 0.4) is 0 Å². The average molecular weight is 242 g/mol. The highest BCUT2D eigenvalue weighted by atomic mass is 16.5. The fraction of sp³-hybridized carbons (Fsp3) is 1.00. The van der Waals surface area contributed by atoms with E-state index in [1.807, 2.05) is 0 Å². The summed E-state index contributed by atoms with van der Waals surface area (Å²) in [6.07, 6.45) is 2.76. The Balaban J connectivity index is 2.02. The van der Waals surface area contributed by atoms with E-state index in [4.69, 9.17) is 4.74 Å². The highest BCUT2D eigenvalue weighted by molar-refractivity contribution is 4.75. The van der Waals surface area contributed by atoms with Gasteiger partial charge in [-0.1, -0.05) is 20.8 Å². The Morgan fingerprint density at radius 2 is 2.06 bits per heavy atom. The Bertz CT molecular complexity index is 202. The monoisotopic (exact) mass is 242 g/mol. The van der Waals surface area contributed by atoms with E-state index in [0.29, 0.717) is 5.41 Å². The highest BCUT2D eigenvalue weighted by Crippen LogP contribution is 2.28. The molecule has 1 saturated carbocycles. The molecular formula is C14H30N2O. The van der Waals surface area contributed by atoms with Crippen LogP contribution >= 0.6 is 0 Å². The third-order valence-corrected chi connectivity index (χ3v) is 3.22. The molecule has 3 nitrogen and oxygen atoms in total. The lowest BCUT2D eigenvalue weighted by Gasteiger charge is -2.30. The van der Waals surface area contributed by atoms with Gasteiger partial charge in [0, 0.05) is 26.2 Å². The van der Waals surface area contributed by atoms with Crippen molar-refractivity contribution in [3.8, 4) is 0 Å². The fourth-order valence-electron chi connectivity index (χ4n) is 2.08. The maximum atomic E-state index is 5.67. The molecule has 3 heteroatoms. The molecule has 0 atom stereocenters. The molecule has 0 aromatic carbocycles. The quantitative estimate of drug-likeness (QED) is 0.593. The van der Waals surface area contributed by atoms with Crippen LogP contribution in [0.4, 0.5) is 0 Å². The van der Waals surface area contributed by atoms with Gasteiger partial charge in [0.15, 0.2) is 0 Å². The van der Waals surface area contributed by atoms with Gasteiger partial charge in [-0.15, -0.1) is 0 Å².